The van der Waals surface area contributed by atoms with E-state index in [1.807, 2.05) is 0 Å². The largest absolute Gasteiger partial charge is 0.359 e. The molecule has 0 unspecified atom stereocenters. The molecule has 0 saturated carbocycles. The van der Waals surface area contributed by atoms with Crippen molar-refractivity contribution in [2.24, 2.45) is 0 Å². The van der Waals surface area contributed by atoms with Gasteiger partial charge in [-0.15, -0.1) is 0 Å². The number of Topliss-reactive ketones (excluding diaryl/α,β-unsaturated/α-hetero) is 1. The van der Waals surface area contributed by atoms with Crippen molar-refractivity contribution in [3.05, 3.63) is 0 Å². The maximum absolute atomic E-state index is 10.5. The van der Waals surface area contributed by atoms with Gasteiger partial charge in [0.2, 0.25) is 0 Å². The number of methoxy groups -OCH3 is 1. The van der Waals surface area contributed by atoms with Crippen LogP contribution in [0.3, 0.4) is 0 Å². The number of rotatable bonds is 5. The van der Waals surface area contributed by atoms with Gasteiger partial charge in [0.05, 0.1) is 0 Å². The molecule has 0 spiro atoms. The molecule has 0 heterocycles. The van der Waals surface area contributed by atoms with Crippen molar-refractivity contribution in [1.82, 2.24) is 0 Å². The van der Waals surface area contributed by atoms with Crippen molar-refractivity contribution in [1.29, 1.82) is 0 Å². The Labute approximate surface area is 77.1 Å². The molecule has 12 heavy (non-hydrogen) atoms. The van der Waals surface area contributed by atoms with Gasteiger partial charge >= 0.3 is 0 Å². The molecule has 0 aliphatic rings. The zero-order chi connectivity index (χ0) is 7.11. The van der Waals surface area contributed by atoms with Crippen molar-refractivity contribution in [2.45, 2.75) is 35.6 Å². The highest BCUT2D eigenvalue weighted by Crippen LogP contribution is 1.82. The zero-order valence-corrected chi connectivity index (χ0v) is 5.85. The lowest BCUT2D eigenvalue weighted by Crippen LogP contribution is -2.08. The number of ketones is 1. The molecule has 0 bridgehead atoms. The molecule has 3 nitrogen and oxygen atoms in total. The van der Waals surface area contributed by atoms with E-state index in [2.05, 4.69) is 4.74 Å². The monoisotopic (exact) mass is 180 g/mol. The van der Waals surface area contributed by atoms with E-state index in [0.717, 1.165) is 0 Å². The molecule has 0 aliphatic heterocycles. The van der Waals surface area contributed by atoms with Gasteiger partial charge in [0.25, 0.3) is 0 Å². The van der Waals surface area contributed by atoms with E-state index in [0.29, 0.717) is 6.42 Å². The highest BCUT2D eigenvalue weighted by Gasteiger charge is 1.95. The summed E-state index contributed by atoms with van der Waals surface area (Å²) in [7, 11) is 1.52. The standard InChI is InChI=1S/C6H12O3.3CH4/c1-3-6(7)4-9-5-8-2;;;/h3-5H2,1-2H3;3*1H4. The van der Waals surface area contributed by atoms with Crippen LogP contribution in [0.25, 0.3) is 0 Å². The molecular formula is C9H24O3. The SMILES string of the molecule is C.C.C.CCC(=O)COCOC. The van der Waals surface area contributed by atoms with E-state index >= 15 is 0 Å². The molecule has 0 aromatic rings. The number of carbonyl (C=O) groups is 1. The van der Waals surface area contributed by atoms with Gasteiger partial charge in [-0.3, -0.25) is 4.79 Å². The van der Waals surface area contributed by atoms with Crippen molar-refractivity contribution < 1.29 is 14.3 Å². The summed E-state index contributed by atoms with van der Waals surface area (Å²) in [4.78, 5) is 10.5. The van der Waals surface area contributed by atoms with Gasteiger partial charge in [-0.2, -0.15) is 0 Å². The van der Waals surface area contributed by atoms with Crippen LogP contribution in [0, 0.1) is 0 Å². The van der Waals surface area contributed by atoms with Gasteiger partial charge in [-0.25, -0.2) is 0 Å². The Balaban J connectivity index is -0.000000107. The predicted molar refractivity (Wildman–Crippen MR) is 53.3 cm³/mol. The third-order valence-corrected chi connectivity index (χ3v) is 0.859. The highest BCUT2D eigenvalue weighted by molar-refractivity contribution is 5.79. The van der Waals surface area contributed by atoms with E-state index < -0.39 is 0 Å². The summed E-state index contributed by atoms with van der Waals surface area (Å²) < 4.78 is 9.33. The van der Waals surface area contributed by atoms with Crippen LogP contribution < -0.4 is 0 Å². The van der Waals surface area contributed by atoms with Gasteiger partial charge in [-0.1, -0.05) is 29.2 Å². The third kappa shape index (κ3) is 16.3. The number of ether oxygens (including phenoxy) is 2. The van der Waals surface area contributed by atoms with Gasteiger partial charge in [0, 0.05) is 13.5 Å². The first-order chi connectivity index (χ1) is 4.31. The van der Waals surface area contributed by atoms with Crippen molar-refractivity contribution in [2.75, 3.05) is 20.5 Å². The molecule has 0 aromatic carbocycles. The van der Waals surface area contributed by atoms with Crippen LogP contribution in [0.15, 0.2) is 0 Å². The Hall–Kier alpha value is -0.410. The Morgan fingerprint density at radius 1 is 1.25 bits per heavy atom. The first-order valence-corrected chi connectivity index (χ1v) is 2.89. The Morgan fingerprint density at radius 3 is 2.08 bits per heavy atom. The Morgan fingerprint density at radius 2 is 1.75 bits per heavy atom. The molecule has 78 valence electrons. The fourth-order valence-electron chi connectivity index (χ4n) is 0.341. The molecule has 0 radical (unpaired) electrons. The summed E-state index contributed by atoms with van der Waals surface area (Å²) in [6, 6.07) is 0. The van der Waals surface area contributed by atoms with E-state index in [9.17, 15) is 4.79 Å². The lowest BCUT2D eigenvalue weighted by atomic mass is 10.3. The highest BCUT2D eigenvalue weighted by atomic mass is 16.7. The summed E-state index contributed by atoms with van der Waals surface area (Å²) in [5.74, 6) is 0.104. The average Bonchev–Trinajstić information content (AvgIpc) is 1.89. The second kappa shape index (κ2) is 16.9. The minimum Gasteiger partial charge on any atom is -0.359 e. The zero-order valence-electron chi connectivity index (χ0n) is 5.85. The normalized spacial score (nSPS) is 7.17. The summed E-state index contributed by atoms with van der Waals surface area (Å²) in [6.07, 6.45) is 0.531. The second-order valence-corrected chi connectivity index (χ2v) is 1.65. The van der Waals surface area contributed by atoms with Gasteiger partial charge in [0.15, 0.2) is 5.78 Å². The van der Waals surface area contributed by atoms with Crippen LogP contribution in [-0.4, -0.2) is 26.3 Å². The summed E-state index contributed by atoms with van der Waals surface area (Å²) in [5, 5.41) is 0. The summed E-state index contributed by atoms with van der Waals surface area (Å²) in [6.45, 7) is 2.18. The fraction of sp³-hybridized carbons (Fsp3) is 0.889. The maximum Gasteiger partial charge on any atom is 0.158 e. The lowest BCUT2D eigenvalue weighted by molar-refractivity contribution is -0.127. The molecule has 0 saturated heterocycles. The van der Waals surface area contributed by atoms with Crippen LogP contribution >= 0.6 is 0 Å². The van der Waals surface area contributed by atoms with Crippen LogP contribution in [0.1, 0.15) is 35.6 Å². The Bertz CT molecular complexity index is 81.8. The summed E-state index contributed by atoms with van der Waals surface area (Å²) in [5.41, 5.74) is 0. The van der Waals surface area contributed by atoms with E-state index in [4.69, 9.17) is 4.74 Å². The average molecular weight is 180 g/mol. The first-order valence-electron chi connectivity index (χ1n) is 2.89. The topological polar surface area (TPSA) is 35.5 Å². The maximum atomic E-state index is 10.5. The van der Waals surface area contributed by atoms with Crippen LogP contribution in [0.2, 0.25) is 0 Å². The van der Waals surface area contributed by atoms with E-state index in [-0.39, 0.29) is 41.5 Å². The van der Waals surface area contributed by atoms with Gasteiger partial charge in [-0.05, 0) is 0 Å². The number of hydrogen-bond acceptors (Lipinski definition) is 3. The summed E-state index contributed by atoms with van der Waals surface area (Å²) >= 11 is 0. The first kappa shape index (κ1) is 22.6. The molecule has 0 aromatic heterocycles. The van der Waals surface area contributed by atoms with Crippen molar-refractivity contribution in [3.63, 3.8) is 0 Å². The van der Waals surface area contributed by atoms with Crippen molar-refractivity contribution >= 4 is 5.78 Å². The number of carbonyl (C=O) groups excluding carboxylic acids is 1. The third-order valence-electron chi connectivity index (χ3n) is 0.859. The van der Waals surface area contributed by atoms with Gasteiger partial charge < -0.3 is 9.47 Å². The van der Waals surface area contributed by atoms with E-state index in [1.165, 1.54) is 7.11 Å². The van der Waals surface area contributed by atoms with Crippen LogP contribution in [0.5, 0.6) is 0 Å². The molecule has 0 N–H and O–H groups in total. The predicted octanol–water partition coefficient (Wildman–Crippen LogP) is 2.49. The fourth-order valence-corrected chi connectivity index (χ4v) is 0.341. The molecule has 0 rings (SSSR count). The minimum atomic E-state index is 0. The molecule has 0 amide bonds. The quantitative estimate of drug-likeness (QED) is 0.481. The molecule has 3 heteroatoms. The van der Waals surface area contributed by atoms with Gasteiger partial charge in [0.1, 0.15) is 13.4 Å². The molecule has 0 aliphatic carbocycles. The van der Waals surface area contributed by atoms with E-state index in [1.54, 1.807) is 6.92 Å². The molecular weight excluding hydrogens is 156 g/mol. The number of hydrogen-bond donors (Lipinski definition) is 0. The molecule has 0 fully saturated rings. The smallest absolute Gasteiger partial charge is 0.158 e. The Kier molecular flexibility index (Phi) is 31.8. The minimum absolute atomic E-state index is 0. The second-order valence-electron chi connectivity index (χ2n) is 1.65. The molecule has 0 atom stereocenters. The van der Waals surface area contributed by atoms with Crippen molar-refractivity contribution in [3.8, 4) is 0 Å². The van der Waals surface area contributed by atoms with Crippen LogP contribution in [-0.2, 0) is 14.3 Å². The van der Waals surface area contributed by atoms with Crippen LogP contribution in [0.4, 0.5) is 0 Å². The lowest BCUT2D eigenvalue weighted by Gasteiger charge is -1.98.